The first kappa shape index (κ1) is 15.7. The molecule has 0 amide bonds. The van der Waals surface area contributed by atoms with E-state index >= 15 is 0 Å². The van der Waals surface area contributed by atoms with Crippen LogP contribution in [0, 0.1) is 0 Å². The highest BCUT2D eigenvalue weighted by Crippen LogP contribution is 2.11. The molecule has 8 heteroatoms. The van der Waals surface area contributed by atoms with Crippen molar-refractivity contribution in [2.45, 2.75) is 13.2 Å². The van der Waals surface area contributed by atoms with Crippen molar-refractivity contribution in [2.75, 3.05) is 40.3 Å². The molecule has 0 aromatic rings. The van der Waals surface area contributed by atoms with Crippen molar-refractivity contribution in [3.8, 4) is 0 Å². The lowest BCUT2D eigenvalue weighted by Gasteiger charge is -2.41. The Bertz CT molecular complexity index is 191. The largest absolute Gasteiger partial charge is 0.673 e. The van der Waals surface area contributed by atoms with Gasteiger partial charge in [-0.15, -0.1) is 0 Å². The summed E-state index contributed by atoms with van der Waals surface area (Å²) in [7, 11) is -1.95. The number of rotatable bonds is 2. The molecular formula is C8H19BF4N2O. The fourth-order valence-electron chi connectivity index (χ4n) is 1.52. The Labute approximate surface area is 93.4 Å². The molecule has 1 atom stereocenters. The fourth-order valence-corrected chi connectivity index (χ4v) is 1.52. The summed E-state index contributed by atoms with van der Waals surface area (Å²) in [5.74, 6) is 0. The minimum atomic E-state index is -6.00. The molecule has 1 aliphatic heterocycles. The van der Waals surface area contributed by atoms with Crippen LogP contribution in [-0.4, -0.2) is 58.3 Å². The van der Waals surface area contributed by atoms with Crippen LogP contribution in [0.5, 0.6) is 0 Å². The number of nitrogens with one attached hydrogen (secondary N) is 1. The van der Waals surface area contributed by atoms with E-state index in [4.69, 9.17) is 4.74 Å². The predicted octanol–water partition coefficient (Wildman–Crippen LogP) is 1.33. The van der Waals surface area contributed by atoms with Crippen molar-refractivity contribution < 1.29 is 26.5 Å². The van der Waals surface area contributed by atoms with Gasteiger partial charge < -0.3 is 27.3 Å². The lowest BCUT2D eigenvalue weighted by Crippen LogP contribution is -2.60. The van der Waals surface area contributed by atoms with Gasteiger partial charge in [-0.1, -0.05) is 0 Å². The molecule has 0 bridgehead atoms. The number of methoxy groups -OCH3 is 1. The van der Waals surface area contributed by atoms with Crippen LogP contribution in [0.1, 0.15) is 6.92 Å². The molecular weight excluding hydrogens is 227 g/mol. The summed E-state index contributed by atoms with van der Waals surface area (Å²) in [6.07, 6.45) is 0.331. The van der Waals surface area contributed by atoms with Gasteiger partial charge in [-0.2, -0.15) is 0 Å². The Morgan fingerprint density at radius 1 is 1.19 bits per heavy atom. The van der Waals surface area contributed by atoms with E-state index in [1.54, 1.807) is 7.11 Å². The van der Waals surface area contributed by atoms with Crippen LogP contribution in [-0.2, 0) is 4.74 Å². The molecule has 16 heavy (non-hydrogen) atoms. The lowest BCUT2D eigenvalue weighted by atomic mass is 10.3. The summed E-state index contributed by atoms with van der Waals surface area (Å²) in [6.45, 7) is 6.73. The van der Waals surface area contributed by atoms with Crippen molar-refractivity contribution in [1.29, 1.82) is 0 Å². The molecule has 0 aliphatic carbocycles. The van der Waals surface area contributed by atoms with Crippen LogP contribution in [0.3, 0.4) is 0 Å². The maximum Gasteiger partial charge on any atom is 0.673 e. The highest BCUT2D eigenvalue weighted by molar-refractivity contribution is 6.50. The van der Waals surface area contributed by atoms with E-state index in [9.17, 15) is 17.3 Å². The second-order valence-electron chi connectivity index (χ2n) is 4.01. The van der Waals surface area contributed by atoms with Gasteiger partial charge in [0.05, 0.1) is 20.1 Å². The molecule has 1 aliphatic rings. The summed E-state index contributed by atoms with van der Waals surface area (Å²) in [4.78, 5) is 0. The molecule has 1 heterocycles. The molecule has 1 rings (SSSR count). The summed E-state index contributed by atoms with van der Waals surface area (Å²) < 4.78 is 45.4. The molecule has 0 radical (unpaired) electrons. The van der Waals surface area contributed by atoms with E-state index in [1.807, 2.05) is 0 Å². The first-order chi connectivity index (χ1) is 7.19. The zero-order valence-electron chi connectivity index (χ0n) is 9.85. The Hall–Kier alpha value is -0.335. The van der Waals surface area contributed by atoms with Gasteiger partial charge in [0, 0.05) is 27.1 Å². The molecule has 0 aromatic heterocycles. The molecule has 0 aromatic carbocycles. The molecule has 1 unspecified atom stereocenters. The first-order valence-corrected chi connectivity index (χ1v) is 5.14. The predicted molar refractivity (Wildman–Crippen MR) is 55.4 cm³/mol. The standard InChI is InChI=1S/C8H19N2O.BF4/c1-8(11-3)10(2)6-4-9-5-7-10;2-1(3,4)5/h8-9H,4-7H2,1-3H3;/q+1;-1. The first-order valence-electron chi connectivity index (χ1n) is 5.14. The number of nitrogens with zero attached hydrogens (tertiary/aromatic N) is 1. The van der Waals surface area contributed by atoms with Crippen LogP contribution >= 0.6 is 0 Å². The van der Waals surface area contributed by atoms with Gasteiger partial charge in [0.25, 0.3) is 0 Å². The molecule has 98 valence electrons. The minimum Gasteiger partial charge on any atom is -0.418 e. The van der Waals surface area contributed by atoms with E-state index in [0.29, 0.717) is 6.23 Å². The third-order valence-electron chi connectivity index (χ3n) is 2.82. The number of hydrogen-bond acceptors (Lipinski definition) is 2. The zero-order valence-corrected chi connectivity index (χ0v) is 9.85. The monoisotopic (exact) mass is 246 g/mol. The smallest absolute Gasteiger partial charge is 0.418 e. The third-order valence-corrected chi connectivity index (χ3v) is 2.82. The van der Waals surface area contributed by atoms with Crippen LogP contribution < -0.4 is 5.32 Å². The Balaban J connectivity index is 0.000000385. The van der Waals surface area contributed by atoms with Crippen molar-refractivity contribution in [3.63, 3.8) is 0 Å². The van der Waals surface area contributed by atoms with Gasteiger partial charge in [-0.25, -0.2) is 0 Å². The van der Waals surface area contributed by atoms with E-state index < -0.39 is 7.25 Å². The molecule has 1 saturated heterocycles. The van der Waals surface area contributed by atoms with Crippen molar-refractivity contribution >= 4 is 7.25 Å². The molecule has 1 N–H and O–H groups in total. The quantitative estimate of drug-likeness (QED) is 0.451. The van der Waals surface area contributed by atoms with Crippen LogP contribution in [0.4, 0.5) is 17.3 Å². The molecule has 1 fully saturated rings. The fraction of sp³-hybridized carbons (Fsp3) is 1.00. The minimum absolute atomic E-state index is 0.331. The number of quaternary nitrogens is 1. The van der Waals surface area contributed by atoms with E-state index in [-0.39, 0.29) is 0 Å². The summed E-state index contributed by atoms with van der Waals surface area (Å²) in [5.41, 5.74) is 0. The zero-order chi connectivity index (χ0) is 12.8. The van der Waals surface area contributed by atoms with Gasteiger partial charge in [-0.3, -0.25) is 4.48 Å². The average molecular weight is 246 g/mol. The second kappa shape index (κ2) is 6.41. The summed E-state index contributed by atoms with van der Waals surface area (Å²) in [5, 5.41) is 3.35. The summed E-state index contributed by atoms with van der Waals surface area (Å²) in [6, 6.07) is 0. The molecule has 0 saturated carbocycles. The van der Waals surface area contributed by atoms with Gasteiger partial charge in [-0.05, 0) is 0 Å². The van der Waals surface area contributed by atoms with Gasteiger partial charge in [0.15, 0.2) is 6.23 Å². The van der Waals surface area contributed by atoms with Crippen molar-refractivity contribution in [1.82, 2.24) is 5.32 Å². The molecule has 3 nitrogen and oxygen atoms in total. The SMILES string of the molecule is COC(C)[N+]1(C)CCNCC1.F[B-](F)(F)F. The van der Waals surface area contributed by atoms with Gasteiger partial charge in [0.2, 0.25) is 0 Å². The second-order valence-corrected chi connectivity index (χ2v) is 4.01. The van der Waals surface area contributed by atoms with Gasteiger partial charge >= 0.3 is 7.25 Å². The summed E-state index contributed by atoms with van der Waals surface area (Å²) >= 11 is 0. The lowest BCUT2D eigenvalue weighted by molar-refractivity contribution is -0.953. The number of piperazine rings is 1. The maximum atomic E-state index is 9.75. The van der Waals surface area contributed by atoms with Crippen molar-refractivity contribution in [3.05, 3.63) is 0 Å². The number of hydrogen-bond donors (Lipinski definition) is 1. The van der Waals surface area contributed by atoms with Gasteiger partial charge in [0.1, 0.15) is 0 Å². The third kappa shape index (κ3) is 7.02. The number of likely N-dealkylation sites (N-methyl/N-ethyl adjacent to an activating group) is 1. The van der Waals surface area contributed by atoms with Crippen molar-refractivity contribution in [2.24, 2.45) is 0 Å². The van der Waals surface area contributed by atoms with E-state index in [2.05, 4.69) is 19.3 Å². The molecule has 0 spiro atoms. The Morgan fingerprint density at radius 2 is 1.56 bits per heavy atom. The highest BCUT2D eigenvalue weighted by Gasteiger charge is 2.30. The maximum absolute atomic E-state index is 9.75. The topological polar surface area (TPSA) is 21.3 Å². The number of ether oxygens (including phenoxy) is 1. The van der Waals surface area contributed by atoms with E-state index in [0.717, 1.165) is 17.6 Å². The normalized spacial score (nSPS) is 21.9. The van der Waals surface area contributed by atoms with Crippen LogP contribution in [0.25, 0.3) is 0 Å². The highest BCUT2D eigenvalue weighted by atomic mass is 19.5. The Kier molecular flexibility index (Phi) is 6.28. The van der Waals surface area contributed by atoms with E-state index in [1.165, 1.54) is 13.1 Å². The Morgan fingerprint density at radius 3 is 1.88 bits per heavy atom. The van der Waals surface area contributed by atoms with Crippen LogP contribution in [0.2, 0.25) is 0 Å². The number of halogens is 4. The average Bonchev–Trinajstić information content (AvgIpc) is 2.15. The van der Waals surface area contributed by atoms with Crippen LogP contribution in [0.15, 0.2) is 0 Å².